The highest BCUT2D eigenvalue weighted by Gasteiger charge is 2.39. The van der Waals surface area contributed by atoms with E-state index in [-0.39, 0.29) is 18.8 Å². The van der Waals surface area contributed by atoms with Gasteiger partial charge in [-0.1, -0.05) is 36.3 Å². The molecule has 1 fully saturated rings. The first-order valence-corrected chi connectivity index (χ1v) is 7.90. The maximum Gasteiger partial charge on any atom is 0.202 e. The largest absolute Gasteiger partial charge is 0.491 e. The number of ether oxygens (including phenoxy) is 1. The zero-order valence-corrected chi connectivity index (χ0v) is 13.5. The number of hydrogen-bond donors (Lipinski definition) is 3. The summed E-state index contributed by atoms with van der Waals surface area (Å²) < 4.78 is 5.45. The minimum absolute atomic E-state index is 0.0790. The van der Waals surface area contributed by atoms with E-state index in [4.69, 9.17) is 4.74 Å². The van der Waals surface area contributed by atoms with Crippen LogP contribution in [0.5, 0.6) is 5.75 Å². The van der Waals surface area contributed by atoms with Crippen molar-refractivity contribution in [3.63, 3.8) is 0 Å². The number of benzene rings is 1. The van der Waals surface area contributed by atoms with Gasteiger partial charge in [-0.25, -0.2) is 0 Å². The van der Waals surface area contributed by atoms with Crippen molar-refractivity contribution in [3.05, 3.63) is 42.5 Å². The average Bonchev–Trinajstić information content (AvgIpc) is 2.83. The molecule has 1 aromatic carbocycles. The summed E-state index contributed by atoms with van der Waals surface area (Å²) in [7, 11) is 0. The van der Waals surface area contributed by atoms with Crippen LogP contribution in [-0.4, -0.2) is 46.0 Å². The van der Waals surface area contributed by atoms with Gasteiger partial charge in [0.15, 0.2) is 0 Å². The van der Waals surface area contributed by atoms with Crippen molar-refractivity contribution in [1.82, 2.24) is 0 Å². The van der Waals surface area contributed by atoms with Crippen molar-refractivity contribution in [1.29, 1.82) is 0 Å². The number of aliphatic hydroxyl groups excluding tert-OH is 3. The average molecular weight is 330 g/mol. The summed E-state index contributed by atoms with van der Waals surface area (Å²) in [6, 6.07) is 9.14. The Hall–Kier alpha value is -2.13. The number of hydrogen-bond acceptors (Lipinski definition) is 5. The summed E-state index contributed by atoms with van der Waals surface area (Å²) >= 11 is 0. The van der Waals surface area contributed by atoms with Gasteiger partial charge in [0.05, 0.1) is 18.1 Å². The first-order valence-electron chi connectivity index (χ1n) is 7.90. The van der Waals surface area contributed by atoms with Gasteiger partial charge >= 0.3 is 0 Å². The fourth-order valence-corrected chi connectivity index (χ4v) is 2.68. The molecule has 5 heteroatoms. The Morgan fingerprint density at radius 2 is 2.04 bits per heavy atom. The second-order valence-corrected chi connectivity index (χ2v) is 5.88. The summed E-state index contributed by atoms with van der Waals surface area (Å²) in [4.78, 5) is 11.0. The maximum absolute atomic E-state index is 11.0. The Morgan fingerprint density at radius 3 is 2.71 bits per heavy atom. The third kappa shape index (κ3) is 5.20. The Kier molecular flexibility index (Phi) is 6.56. The number of aliphatic hydroxyl groups is 3. The molecule has 1 aromatic rings. The van der Waals surface area contributed by atoms with Gasteiger partial charge in [-0.15, -0.1) is 0 Å². The van der Waals surface area contributed by atoms with Crippen LogP contribution in [0.3, 0.4) is 0 Å². The molecule has 0 amide bonds. The lowest BCUT2D eigenvalue weighted by atomic mass is 9.93. The van der Waals surface area contributed by atoms with E-state index in [1.807, 2.05) is 18.2 Å². The summed E-state index contributed by atoms with van der Waals surface area (Å²) in [5.74, 6) is 4.55. The lowest BCUT2D eigenvalue weighted by molar-refractivity contribution is -0.111. The highest BCUT2D eigenvalue weighted by Crippen LogP contribution is 2.33. The molecule has 5 nitrogen and oxygen atoms in total. The maximum atomic E-state index is 11.0. The topological polar surface area (TPSA) is 87.0 Å². The van der Waals surface area contributed by atoms with E-state index in [1.54, 1.807) is 18.2 Å². The number of carbonyl (C=O) groups excluding carboxylic acids is 1. The highest BCUT2D eigenvalue weighted by atomic mass is 16.5. The fraction of sp³-hybridized carbons (Fsp3) is 0.421. The second kappa shape index (κ2) is 8.65. The van der Waals surface area contributed by atoms with Crippen molar-refractivity contribution < 1.29 is 24.9 Å². The lowest BCUT2D eigenvalue weighted by Crippen LogP contribution is -2.21. The summed E-state index contributed by atoms with van der Waals surface area (Å²) in [5, 5.41) is 30.0. The molecule has 0 bridgehead atoms. The molecule has 0 heterocycles. The molecule has 128 valence electrons. The Balaban J connectivity index is 1.95. The van der Waals surface area contributed by atoms with Gasteiger partial charge in [0.2, 0.25) is 5.78 Å². The van der Waals surface area contributed by atoms with Gasteiger partial charge in [-0.3, -0.25) is 4.79 Å². The zero-order valence-electron chi connectivity index (χ0n) is 13.5. The third-order valence-corrected chi connectivity index (χ3v) is 3.89. The van der Waals surface area contributed by atoms with E-state index >= 15 is 0 Å². The van der Waals surface area contributed by atoms with Crippen LogP contribution in [0.1, 0.15) is 13.3 Å². The van der Waals surface area contributed by atoms with Crippen molar-refractivity contribution in [2.75, 3.05) is 6.61 Å². The molecule has 1 aliphatic rings. The van der Waals surface area contributed by atoms with Gasteiger partial charge < -0.3 is 20.1 Å². The van der Waals surface area contributed by atoms with E-state index < -0.39 is 30.1 Å². The van der Waals surface area contributed by atoms with Crippen LogP contribution in [0.4, 0.5) is 0 Å². The monoisotopic (exact) mass is 330 g/mol. The van der Waals surface area contributed by atoms with Gasteiger partial charge in [0.25, 0.3) is 0 Å². The first-order chi connectivity index (χ1) is 11.5. The number of para-hydroxylation sites is 1. The summed E-state index contributed by atoms with van der Waals surface area (Å²) in [6.45, 7) is 1.43. The fourth-order valence-electron chi connectivity index (χ4n) is 2.68. The van der Waals surface area contributed by atoms with Crippen LogP contribution < -0.4 is 4.74 Å². The first kappa shape index (κ1) is 18.2. The molecule has 24 heavy (non-hydrogen) atoms. The molecule has 2 rings (SSSR count). The van der Waals surface area contributed by atoms with Crippen molar-refractivity contribution in [3.8, 4) is 17.6 Å². The number of Topliss-reactive ketones (excluding diaryl/α,β-unsaturated/α-hetero) is 1. The minimum Gasteiger partial charge on any atom is -0.491 e. The van der Waals surface area contributed by atoms with Gasteiger partial charge in [-0.05, 0) is 18.1 Å². The van der Waals surface area contributed by atoms with Crippen LogP contribution in [0.25, 0.3) is 0 Å². The van der Waals surface area contributed by atoms with Crippen molar-refractivity contribution in [2.45, 2.75) is 31.7 Å². The van der Waals surface area contributed by atoms with Gasteiger partial charge in [0.1, 0.15) is 18.5 Å². The van der Waals surface area contributed by atoms with Crippen molar-refractivity contribution >= 4 is 5.78 Å². The molecule has 5 atom stereocenters. The molecule has 0 radical (unpaired) electrons. The summed E-state index contributed by atoms with van der Waals surface area (Å²) in [5.41, 5.74) is 0. The van der Waals surface area contributed by atoms with E-state index in [1.165, 1.54) is 13.0 Å². The molecule has 0 saturated heterocycles. The third-order valence-electron chi connectivity index (χ3n) is 3.89. The van der Waals surface area contributed by atoms with E-state index in [0.29, 0.717) is 5.75 Å². The molecule has 5 unspecified atom stereocenters. The quantitative estimate of drug-likeness (QED) is 0.425. The zero-order chi connectivity index (χ0) is 17.5. The molecule has 1 saturated carbocycles. The van der Waals surface area contributed by atoms with E-state index in [0.717, 1.165) is 0 Å². The Labute approximate surface area is 141 Å². The van der Waals surface area contributed by atoms with Gasteiger partial charge in [-0.2, -0.15) is 0 Å². The number of carbonyl (C=O) groups is 1. The van der Waals surface area contributed by atoms with Crippen LogP contribution in [-0.2, 0) is 4.79 Å². The molecule has 3 N–H and O–H groups in total. The number of rotatable bonds is 5. The second-order valence-electron chi connectivity index (χ2n) is 5.88. The lowest BCUT2D eigenvalue weighted by Gasteiger charge is -2.16. The molecular formula is C19H22O5. The SMILES string of the molecule is CC(=O)C#CC1C(O)CC(O)C1C=CC(O)COc1ccccc1. The summed E-state index contributed by atoms with van der Waals surface area (Å²) in [6.07, 6.45) is 0.958. The van der Waals surface area contributed by atoms with E-state index in [2.05, 4.69) is 11.8 Å². The molecule has 0 aliphatic heterocycles. The smallest absolute Gasteiger partial charge is 0.202 e. The van der Waals surface area contributed by atoms with Gasteiger partial charge in [0, 0.05) is 19.3 Å². The standard InChI is InChI=1S/C19H22O5/c1-13(20)7-9-16-17(19(23)11-18(16)22)10-8-14(21)12-24-15-5-3-2-4-6-15/h2-6,8,10,14,16-19,21-23H,11-12H2,1H3. The van der Waals surface area contributed by atoms with Crippen LogP contribution in [0.15, 0.2) is 42.5 Å². The minimum atomic E-state index is -0.850. The predicted octanol–water partition coefficient (Wildman–Crippen LogP) is 0.933. The Morgan fingerprint density at radius 1 is 1.33 bits per heavy atom. The molecule has 0 spiro atoms. The number of ketones is 1. The van der Waals surface area contributed by atoms with E-state index in [9.17, 15) is 20.1 Å². The molecular weight excluding hydrogens is 308 g/mol. The van der Waals surface area contributed by atoms with Crippen molar-refractivity contribution in [2.24, 2.45) is 11.8 Å². The Bertz CT molecular complexity index is 628. The predicted molar refractivity (Wildman–Crippen MR) is 89.2 cm³/mol. The normalized spacial score (nSPS) is 27.5. The van der Waals surface area contributed by atoms with Crippen LogP contribution in [0.2, 0.25) is 0 Å². The van der Waals surface area contributed by atoms with Crippen LogP contribution >= 0.6 is 0 Å². The highest BCUT2D eigenvalue weighted by molar-refractivity contribution is 5.93. The molecule has 1 aliphatic carbocycles. The van der Waals surface area contributed by atoms with Crippen LogP contribution in [0, 0.1) is 23.7 Å². The molecule has 0 aromatic heterocycles.